The van der Waals surface area contributed by atoms with E-state index in [4.69, 9.17) is 13.9 Å². The Balaban J connectivity index is 1.21. The van der Waals surface area contributed by atoms with Gasteiger partial charge in [0.1, 0.15) is 6.26 Å². The molecule has 0 spiro atoms. The van der Waals surface area contributed by atoms with E-state index in [0.717, 1.165) is 62.8 Å². The minimum Gasteiger partial charge on any atom is -0.444 e. The Bertz CT molecular complexity index is 835. The summed E-state index contributed by atoms with van der Waals surface area (Å²) < 4.78 is 17.6. The zero-order valence-corrected chi connectivity index (χ0v) is 18.7. The zero-order chi connectivity index (χ0) is 21.5. The van der Waals surface area contributed by atoms with Crippen LogP contribution in [-0.2, 0) is 16.0 Å². The molecule has 2 saturated heterocycles. The highest BCUT2D eigenvalue weighted by molar-refractivity contribution is 5.79. The molecule has 3 heterocycles. The topological polar surface area (TPSA) is 72.1 Å². The Labute approximate surface area is 184 Å². The second kappa shape index (κ2) is 10.8. The van der Waals surface area contributed by atoms with Crippen molar-refractivity contribution in [3.05, 3.63) is 41.8 Å². The lowest BCUT2D eigenvalue weighted by molar-refractivity contribution is -0.0721. The molecule has 1 unspecified atom stereocenters. The van der Waals surface area contributed by atoms with Crippen molar-refractivity contribution in [2.45, 2.75) is 57.8 Å². The zero-order valence-electron chi connectivity index (χ0n) is 18.7. The molecule has 2 aliphatic rings. The molecule has 1 N–H and O–H groups in total. The number of aryl methyl sites for hydroxylation is 1. The highest BCUT2D eigenvalue weighted by Crippen LogP contribution is 2.20. The van der Waals surface area contributed by atoms with Crippen LogP contribution in [0.2, 0.25) is 0 Å². The normalized spacial score (nSPS) is 20.8. The number of aliphatic imine (C=N–C) groups is 1. The maximum absolute atomic E-state index is 6.13. The molecule has 1 aromatic heterocycles. The number of hydrogen-bond donors (Lipinski definition) is 1. The summed E-state index contributed by atoms with van der Waals surface area (Å²) in [6.45, 7) is 6.13. The van der Waals surface area contributed by atoms with Gasteiger partial charge >= 0.3 is 0 Å². The van der Waals surface area contributed by atoms with E-state index < -0.39 is 0 Å². The first kappa shape index (κ1) is 21.8. The van der Waals surface area contributed by atoms with Gasteiger partial charge in [-0.15, -0.1) is 0 Å². The summed E-state index contributed by atoms with van der Waals surface area (Å²) in [5.41, 5.74) is 3.07. The number of benzene rings is 1. The second-order valence-corrected chi connectivity index (χ2v) is 8.42. The number of nitrogens with zero attached hydrogens (tertiary/aromatic N) is 3. The Hall–Kier alpha value is -2.38. The summed E-state index contributed by atoms with van der Waals surface area (Å²) in [6.07, 6.45) is 7.89. The quantitative estimate of drug-likeness (QED) is 0.560. The van der Waals surface area contributed by atoms with Crippen LogP contribution in [0.3, 0.4) is 0 Å². The fraction of sp³-hybridized carbons (Fsp3) is 0.583. The van der Waals surface area contributed by atoms with E-state index in [-0.39, 0.29) is 6.10 Å². The van der Waals surface area contributed by atoms with Gasteiger partial charge in [-0.25, -0.2) is 4.98 Å². The van der Waals surface area contributed by atoms with Gasteiger partial charge < -0.3 is 24.1 Å². The lowest BCUT2D eigenvalue weighted by Gasteiger charge is -2.35. The van der Waals surface area contributed by atoms with Crippen LogP contribution in [0, 0.1) is 6.92 Å². The maximum atomic E-state index is 6.13. The molecule has 0 radical (unpaired) electrons. The highest BCUT2D eigenvalue weighted by atomic mass is 16.5. The van der Waals surface area contributed by atoms with E-state index in [0.29, 0.717) is 18.5 Å². The molecule has 2 aliphatic heterocycles. The monoisotopic (exact) mass is 426 g/mol. The number of nitrogens with one attached hydrogen (secondary N) is 1. The molecule has 7 heteroatoms. The molecular formula is C24H34N4O3. The number of piperidine rings is 1. The smallest absolute Gasteiger partial charge is 0.226 e. The summed E-state index contributed by atoms with van der Waals surface area (Å²) in [6, 6.07) is 8.19. The van der Waals surface area contributed by atoms with Gasteiger partial charge in [0, 0.05) is 32.3 Å². The largest absolute Gasteiger partial charge is 0.444 e. The molecule has 1 atom stereocenters. The molecule has 0 bridgehead atoms. The van der Waals surface area contributed by atoms with Gasteiger partial charge in [-0.2, -0.15) is 0 Å². The van der Waals surface area contributed by atoms with Crippen molar-refractivity contribution >= 4 is 5.96 Å². The van der Waals surface area contributed by atoms with Crippen molar-refractivity contribution in [2.24, 2.45) is 4.99 Å². The van der Waals surface area contributed by atoms with Gasteiger partial charge in [0.05, 0.1) is 31.1 Å². The minimum absolute atomic E-state index is 0.286. The lowest BCUT2D eigenvalue weighted by Crippen LogP contribution is -2.47. The van der Waals surface area contributed by atoms with E-state index in [9.17, 15) is 0 Å². The summed E-state index contributed by atoms with van der Waals surface area (Å²) in [4.78, 5) is 11.4. The summed E-state index contributed by atoms with van der Waals surface area (Å²) in [7, 11) is 1.83. The molecule has 2 aromatic rings. The third-order valence-corrected chi connectivity index (χ3v) is 6.02. The summed E-state index contributed by atoms with van der Waals surface area (Å²) in [5, 5.41) is 3.42. The van der Waals surface area contributed by atoms with Gasteiger partial charge in [-0.1, -0.05) is 17.7 Å². The number of guanidine groups is 1. The van der Waals surface area contributed by atoms with Crippen LogP contribution in [0.4, 0.5) is 0 Å². The molecule has 2 fully saturated rings. The predicted octanol–water partition coefficient (Wildman–Crippen LogP) is 3.78. The molecule has 0 saturated carbocycles. The first-order chi connectivity index (χ1) is 15.2. The Kier molecular flexibility index (Phi) is 7.59. The molecule has 4 rings (SSSR count). The fourth-order valence-electron chi connectivity index (χ4n) is 4.14. The van der Waals surface area contributed by atoms with Crippen molar-refractivity contribution in [1.82, 2.24) is 15.2 Å². The number of hydrogen-bond acceptors (Lipinski definition) is 5. The Morgan fingerprint density at radius 2 is 2.00 bits per heavy atom. The first-order valence-electron chi connectivity index (χ1n) is 11.4. The van der Waals surface area contributed by atoms with E-state index in [1.54, 1.807) is 6.26 Å². The van der Waals surface area contributed by atoms with Gasteiger partial charge in [0.2, 0.25) is 5.89 Å². The van der Waals surface area contributed by atoms with Crippen molar-refractivity contribution in [1.29, 1.82) is 0 Å². The molecule has 7 nitrogen and oxygen atoms in total. The number of rotatable bonds is 6. The molecule has 0 amide bonds. The van der Waals surface area contributed by atoms with Crippen molar-refractivity contribution in [3.8, 4) is 11.5 Å². The number of aromatic nitrogens is 1. The van der Waals surface area contributed by atoms with E-state index in [1.807, 2.05) is 19.2 Å². The van der Waals surface area contributed by atoms with Crippen molar-refractivity contribution < 1.29 is 13.9 Å². The number of likely N-dealkylation sites (tertiary alicyclic amines) is 1. The first-order valence-corrected chi connectivity index (χ1v) is 11.4. The highest BCUT2D eigenvalue weighted by Gasteiger charge is 2.24. The Morgan fingerprint density at radius 3 is 2.71 bits per heavy atom. The summed E-state index contributed by atoms with van der Waals surface area (Å²) >= 11 is 0. The van der Waals surface area contributed by atoms with Crippen molar-refractivity contribution in [3.63, 3.8) is 0 Å². The van der Waals surface area contributed by atoms with E-state index in [1.165, 1.54) is 18.4 Å². The van der Waals surface area contributed by atoms with Crippen LogP contribution in [0.25, 0.3) is 11.5 Å². The summed E-state index contributed by atoms with van der Waals surface area (Å²) in [5.74, 6) is 1.54. The predicted molar refractivity (Wildman–Crippen MR) is 121 cm³/mol. The van der Waals surface area contributed by atoms with Gasteiger partial charge in [-0.05, 0) is 51.2 Å². The second-order valence-electron chi connectivity index (χ2n) is 8.42. The van der Waals surface area contributed by atoms with Gasteiger partial charge in [-0.3, -0.25) is 4.99 Å². The van der Waals surface area contributed by atoms with Crippen molar-refractivity contribution in [2.75, 3.05) is 33.4 Å². The van der Waals surface area contributed by atoms with Crippen LogP contribution >= 0.6 is 0 Å². The molecule has 168 valence electrons. The van der Waals surface area contributed by atoms with E-state index in [2.05, 4.69) is 39.2 Å². The van der Waals surface area contributed by atoms with Crippen LogP contribution in [0.15, 0.2) is 39.9 Å². The minimum atomic E-state index is 0.286. The lowest BCUT2D eigenvalue weighted by atomic mass is 10.1. The molecule has 1 aromatic carbocycles. The van der Waals surface area contributed by atoms with Crippen LogP contribution in [0.1, 0.15) is 43.4 Å². The average molecular weight is 427 g/mol. The van der Waals surface area contributed by atoms with E-state index >= 15 is 0 Å². The fourth-order valence-corrected chi connectivity index (χ4v) is 4.14. The third kappa shape index (κ3) is 6.08. The van der Waals surface area contributed by atoms with Crippen LogP contribution in [0.5, 0.6) is 0 Å². The third-order valence-electron chi connectivity index (χ3n) is 6.02. The number of ether oxygens (including phenoxy) is 2. The van der Waals surface area contributed by atoms with Crippen LogP contribution < -0.4 is 5.32 Å². The maximum Gasteiger partial charge on any atom is 0.226 e. The van der Waals surface area contributed by atoms with Gasteiger partial charge in [0.25, 0.3) is 0 Å². The average Bonchev–Trinajstić information content (AvgIpc) is 3.29. The van der Waals surface area contributed by atoms with Gasteiger partial charge in [0.15, 0.2) is 5.96 Å². The SMILES string of the molecule is CN=C(NCc1coc(-c2ccc(C)cc2)n1)N1CCC(OCC2CCCCO2)CC1. The Morgan fingerprint density at radius 1 is 1.19 bits per heavy atom. The molecule has 31 heavy (non-hydrogen) atoms. The molecular weight excluding hydrogens is 392 g/mol. The van der Waals surface area contributed by atoms with Crippen LogP contribution in [-0.4, -0.2) is 61.4 Å². The standard InChI is InChI=1S/C24H34N4O3/c1-18-6-8-19(9-7-18)23-27-20(16-31-23)15-26-24(25-2)28-12-10-21(11-13-28)30-17-22-5-3-4-14-29-22/h6-9,16,21-22H,3-5,10-15,17H2,1-2H3,(H,25,26). The molecule has 0 aliphatic carbocycles. The number of oxazole rings is 1.